The minimum atomic E-state index is 0.515. The molecule has 0 spiro atoms. The molecule has 0 aliphatic carbocycles. The summed E-state index contributed by atoms with van der Waals surface area (Å²) in [6.07, 6.45) is 0. The van der Waals surface area contributed by atoms with Crippen LogP contribution < -0.4 is 15.4 Å². The van der Waals surface area contributed by atoms with Crippen molar-refractivity contribution in [1.82, 2.24) is 15.3 Å². The van der Waals surface area contributed by atoms with Crippen LogP contribution in [-0.2, 0) is 13.1 Å². The van der Waals surface area contributed by atoms with Crippen molar-refractivity contribution in [2.45, 2.75) is 13.1 Å². The normalized spacial score (nSPS) is 13.2. The first kappa shape index (κ1) is 12.2. The fraction of sp³-hybridized carbons (Fsp3) is 0.231. The van der Waals surface area contributed by atoms with Crippen LogP contribution in [0.2, 0.25) is 5.02 Å². The van der Waals surface area contributed by atoms with E-state index in [0.29, 0.717) is 16.9 Å². The largest absolute Gasteiger partial charge is 0.481 e. The summed E-state index contributed by atoms with van der Waals surface area (Å²) in [5.41, 5.74) is 2.84. The maximum atomic E-state index is 5.95. The highest BCUT2D eigenvalue weighted by atomic mass is 35.5. The number of halogens is 1. The number of hydrogen-bond acceptors (Lipinski definition) is 5. The van der Waals surface area contributed by atoms with E-state index >= 15 is 0 Å². The van der Waals surface area contributed by atoms with Gasteiger partial charge in [0.05, 0.1) is 18.4 Å². The van der Waals surface area contributed by atoms with Gasteiger partial charge in [-0.05, 0) is 18.2 Å². The van der Waals surface area contributed by atoms with Crippen molar-refractivity contribution in [3.05, 3.63) is 40.5 Å². The maximum Gasteiger partial charge on any atom is 0.230 e. The van der Waals surface area contributed by atoms with Crippen LogP contribution in [0.1, 0.15) is 11.3 Å². The third-order valence-electron chi connectivity index (χ3n) is 2.92. The Morgan fingerprint density at radius 3 is 3.00 bits per heavy atom. The molecule has 2 N–H and O–H groups in total. The second-order valence-corrected chi connectivity index (χ2v) is 4.66. The van der Waals surface area contributed by atoms with Crippen LogP contribution in [-0.4, -0.2) is 17.1 Å². The predicted octanol–water partition coefficient (Wildman–Crippen LogP) is 2.49. The number of nitrogens with one attached hydrogen (secondary N) is 2. The molecule has 5 nitrogen and oxygen atoms in total. The van der Waals surface area contributed by atoms with E-state index in [-0.39, 0.29) is 0 Å². The molecule has 0 amide bonds. The van der Waals surface area contributed by atoms with Gasteiger partial charge < -0.3 is 15.4 Å². The maximum absolute atomic E-state index is 5.95. The zero-order chi connectivity index (χ0) is 13.2. The molecule has 1 aliphatic rings. The number of fused-ring (bicyclic) bond motifs is 1. The Balaban J connectivity index is 1.93. The molecule has 2 heterocycles. The predicted molar refractivity (Wildman–Crippen MR) is 73.9 cm³/mol. The van der Waals surface area contributed by atoms with E-state index < -0.39 is 0 Å². The van der Waals surface area contributed by atoms with Crippen LogP contribution in [0.3, 0.4) is 0 Å². The molecule has 0 unspecified atom stereocenters. The Hall–Kier alpha value is -1.85. The van der Waals surface area contributed by atoms with Crippen molar-refractivity contribution in [2.75, 3.05) is 12.4 Å². The number of methoxy groups -OCH3 is 1. The molecule has 0 saturated carbocycles. The van der Waals surface area contributed by atoms with Crippen molar-refractivity contribution in [3.63, 3.8) is 0 Å². The van der Waals surface area contributed by atoms with Gasteiger partial charge in [0.1, 0.15) is 0 Å². The number of aromatic nitrogens is 2. The molecule has 1 aromatic heterocycles. The SMILES string of the molecule is COc1nc(Nc2cccc(Cl)c2)nc2c1CNC2. The van der Waals surface area contributed by atoms with Gasteiger partial charge in [-0.15, -0.1) is 0 Å². The van der Waals surface area contributed by atoms with Gasteiger partial charge >= 0.3 is 0 Å². The number of ether oxygens (including phenoxy) is 1. The van der Waals surface area contributed by atoms with E-state index in [2.05, 4.69) is 20.6 Å². The molecular weight excluding hydrogens is 264 g/mol. The molecule has 19 heavy (non-hydrogen) atoms. The lowest BCUT2D eigenvalue weighted by Gasteiger charge is -2.09. The highest BCUT2D eigenvalue weighted by molar-refractivity contribution is 6.30. The summed E-state index contributed by atoms with van der Waals surface area (Å²) in [6, 6.07) is 7.42. The van der Waals surface area contributed by atoms with E-state index in [1.54, 1.807) is 7.11 Å². The van der Waals surface area contributed by atoms with E-state index in [9.17, 15) is 0 Å². The second-order valence-electron chi connectivity index (χ2n) is 4.22. The Morgan fingerprint density at radius 2 is 2.21 bits per heavy atom. The van der Waals surface area contributed by atoms with Gasteiger partial charge in [0.15, 0.2) is 0 Å². The second kappa shape index (κ2) is 5.03. The lowest BCUT2D eigenvalue weighted by Crippen LogP contribution is -2.03. The minimum Gasteiger partial charge on any atom is -0.481 e. The first-order valence-corrected chi connectivity index (χ1v) is 6.31. The van der Waals surface area contributed by atoms with Crippen molar-refractivity contribution in [2.24, 2.45) is 0 Å². The zero-order valence-electron chi connectivity index (χ0n) is 10.4. The number of anilines is 2. The van der Waals surface area contributed by atoms with Crippen LogP contribution >= 0.6 is 11.6 Å². The first-order chi connectivity index (χ1) is 9.26. The van der Waals surface area contributed by atoms with Crippen molar-refractivity contribution >= 4 is 23.2 Å². The van der Waals surface area contributed by atoms with E-state index in [0.717, 1.165) is 30.0 Å². The Kier molecular flexibility index (Phi) is 3.23. The third-order valence-corrected chi connectivity index (χ3v) is 3.16. The van der Waals surface area contributed by atoms with Gasteiger partial charge in [0.2, 0.25) is 11.8 Å². The van der Waals surface area contributed by atoms with Crippen LogP contribution in [0.15, 0.2) is 24.3 Å². The van der Waals surface area contributed by atoms with Crippen molar-refractivity contribution < 1.29 is 4.74 Å². The molecule has 0 atom stereocenters. The fourth-order valence-corrected chi connectivity index (χ4v) is 2.25. The summed E-state index contributed by atoms with van der Waals surface area (Å²) in [5.74, 6) is 1.13. The molecule has 3 rings (SSSR count). The number of hydrogen-bond donors (Lipinski definition) is 2. The summed E-state index contributed by atoms with van der Waals surface area (Å²) in [7, 11) is 1.62. The Bertz CT molecular complexity index is 618. The first-order valence-electron chi connectivity index (χ1n) is 5.93. The molecular formula is C13H13ClN4O. The van der Waals surface area contributed by atoms with Gasteiger partial charge in [-0.2, -0.15) is 4.98 Å². The average molecular weight is 277 g/mol. The number of benzene rings is 1. The lowest BCUT2D eigenvalue weighted by molar-refractivity contribution is 0.392. The molecule has 6 heteroatoms. The van der Waals surface area contributed by atoms with E-state index in [4.69, 9.17) is 16.3 Å². The molecule has 0 bridgehead atoms. The van der Waals surface area contributed by atoms with Crippen molar-refractivity contribution in [3.8, 4) is 5.88 Å². The Morgan fingerprint density at radius 1 is 1.32 bits per heavy atom. The van der Waals surface area contributed by atoms with Gasteiger partial charge in [-0.3, -0.25) is 0 Å². The lowest BCUT2D eigenvalue weighted by atomic mass is 10.2. The molecule has 2 aromatic rings. The molecule has 98 valence electrons. The quantitative estimate of drug-likeness (QED) is 0.902. The number of nitrogens with zero attached hydrogens (tertiary/aromatic N) is 2. The number of rotatable bonds is 3. The van der Waals surface area contributed by atoms with Crippen LogP contribution in [0.5, 0.6) is 5.88 Å². The van der Waals surface area contributed by atoms with Crippen LogP contribution in [0.4, 0.5) is 11.6 Å². The molecule has 0 radical (unpaired) electrons. The minimum absolute atomic E-state index is 0.515. The van der Waals surface area contributed by atoms with Gasteiger partial charge in [0, 0.05) is 23.8 Å². The smallest absolute Gasteiger partial charge is 0.230 e. The standard InChI is InChI=1S/C13H13ClN4O/c1-19-12-10-6-15-7-11(10)17-13(18-12)16-9-4-2-3-8(14)5-9/h2-5,15H,6-7H2,1H3,(H,16,17,18). The summed E-state index contributed by atoms with van der Waals surface area (Å²) in [6.45, 7) is 1.48. The summed E-state index contributed by atoms with van der Waals surface area (Å²) >= 11 is 5.95. The molecule has 0 fully saturated rings. The molecule has 0 saturated heterocycles. The van der Waals surface area contributed by atoms with Crippen molar-refractivity contribution in [1.29, 1.82) is 0 Å². The average Bonchev–Trinajstić information content (AvgIpc) is 2.86. The van der Waals surface area contributed by atoms with E-state index in [1.165, 1.54) is 0 Å². The Labute approximate surface area is 116 Å². The fourth-order valence-electron chi connectivity index (χ4n) is 2.06. The molecule has 1 aromatic carbocycles. The van der Waals surface area contributed by atoms with Gasteiger partial charge in [-0.25, -0.2) is 4.98 Å². The van der Waals surface area contributed by atoms with Crippen LogP contribution in [0, 0.1) is 0 Å². The topological polar surface area (TPSA) is 59.1 Å². The zero-order valence-corrected chi connectivity index (χ0v) is 11.2. The summed E-state index contributed by atoms with van der Waals surface area (Å²) in [5, 5.41) is 7.03. The van der Waals surface area contributed by atoms with E-state index in [1.807, 2.05) is 24.3 Å². The summed E-state index contributed by atoms with van der Waals surface area (Å²) in [4.78, 5) is 8.84. The third kappa shape index (κ3) is 2.47. The van der Waals surface area contributed by atoms with Gasteiger partial charge in [0.25, 0.3) is 0 Å². The van der Waals surface area contributed by atoms with Gasteiger partial charge in [-0.1, -0.05) is 17.7 Å². The summed E-state index contributed by atoms with van der Waals surface area (Å²) < 4.78 is 5.30. The monoisotopic (exact) mass is 276 g/mol. The molecule has 1 aliphatic heterocycles. The highest BCUT2D eigenvalue weighted by Crippen LogP contribution is 2.26. The highest BCUT2D eigenvalue weighted by Gasteiger charge is 2.19. The van der Waals surface area contributed by atoms with Crippen LogP contribution in [0.25, 0.3) is 0 Å².